The molecule has 28 heavy (non-hydrogen) atoms. The van der Waals surface area contributed by atoms with Crippen LogP contribution in [0.3, 0.4) is 0 Å². The second kappa shape index (κ2) is 7.56. The van der Waals surface area contributed by atoms with E-state index in [0.717, 1.165) is 15.2 Å². The van der Waals surface area contributed by atoms with Crippen LogP contribution in [0, 0.1) is 13.8 Å². The number of nitrogens with one attached hydrogen (secondary N) is 1. The van der Waals surface area contributed by atoms with Crippen molar-refractivity contribution in [1.82, 2.24) is 14.0 Å². The summed E-state index contributed by atoms with van der Waals surface area (Å²) in [6, 6.07) is 12.7. The van der Waals surface area contributed by atoms with Crippen LogP contribution in [0.4, 0.5) is 0 Å². The van der Waals surface area contributed by atoms with Crippen molar-refractivity contribution >= 4 is 26.3 Å². The lowest BCUT2D eigenvalue weighted by atomic mass is 10.2. The lowest BCUT2D eigenvalue weighted by Gasteiger charge is -2.04. The summed E-state index contributed by atoms with van der Waals surface area (Å²) < 4.78 is 50.2. The molecule has 0 amide bonds. The van der Waals surface area contributed by atoms with Gasteiger partial charge in [0.15, 0.2) is 0 Å². The van der Waals surface area contributed by atoms with Crippen molar-refractivity contribution in [1.29, 1.82) is 0 Å². The Morgan fingerprint density at radius 2 is 1.43 bits per heavy atom. The Bertz CT molecular complexity index is 1210. The molecule has 3 aromatic rings. The first-order valence-electron chi connectivity index (χ1n) is 8.17. The molecule has 0 unspecified atom stereocenters. The van der Waals surface area contributed by atoms with E-state index in [1.54, 1.807) is 24.3 Å². The van der Waals surface area contributed by atoms with E-state index in [-0.39, 0.29) is 9.79 Å². The van der Waals surface area contributed by atoms with E-state index in [9.17, 15) is 16.8 Å². The molecule has 0 bridgehead atoms. The Hall–Kier alpha value is -2.98. The minimum absolute atomic E-state index is 0.0768. The van der Waals surface area contributed by atoms with E-state index >= 15 is 0 Å². The van der Waals surface area contributed by atoms with Gasteiger partial charge in [-0.05, 0) is 38.1 Å². The standard InChI is InChI=1S/C18H18N4O4S2/c1-14-3-7-17(8-4-14)27(23,24)21-19-11-16-12-20-22(13-16)28(25,26)18-9-5-15(2)6-10-18/h3-13,21H,1-2H3/b19-11+. The number of benzene rings is 2. The molecule has 0 aliphatic carbocycles. The number of hydrogen-bond acceptors (Lipinski definition) is 6. The Kier molecular flexibility index (Phi) is 5.34. The molecular weight excluding hydrogens is 400 g/mol. The zero-order chi connectivity index (χ0) is 20.4. The van der Waals surface area contributed by atoms with Crippen molar-refractivity contribution in [2.24, 2.45) is 5.10 Å². The first-order valence-corrected chi connectivity index (χ1v) is 11.1. The predicted octanol–water partition coefficient (Wildman–Crippen LogP) is 2.05. The Balaban J connectivity index is 1.75. The van der Waals surface area contributed by atoms with E-state index in [2.05, 4.69) is 15.0 Å². The second-order valence-corrected chi connectivity index (χ2v) is 9.59. The van der Waals surface area contributed by atoms with Crippen molar-refractivity contribution in [3.63, 3.8) is 0 Å². The molecule has 8 nitrogen and oxygen atoms in total. The van der Waals surface area contributed by atoms with Crippen molar-refractivity contribution < 1.29 is 16.8 Å². The van der Waals surface area contributed by atoms with Gasteiger partial charge in [-0.3, -0.25) is 0 Å². The fraction of sp³-hybridized carbons (Fsp3) is 0.111. The largest absolute Gasteiger partial charge is 0.282 e. The van der Waals surface area contributed by atoms with Gasteiger partial charge in [-0.15, -0.1) is 0 Å². The van der Waals surface area contributed by atoms with Crippen molar-refractivity contribution in [2.75, 3.05) is 0 Å². The first-order chi connectivity index (χ1) is 13.2. The first kappa shape index (κ1) is 19.8. The molecule has 1 heterocycles. The summed E-state index contributed by atoms with van der Waals surface area (Å²) in [6.07, 6.45) is 3.70. The summed E-state index contributed by atoms with van der Waals surface area (Å²) in [5.74, 6) is 0. The Labute approximate surface area is 163 Å². The van der Waals surface area contributed by atoms with E-state index in [1.165, 1.54) is 42.9 Å². The fourth-order valence-corrected chi connectivity index (χ4v) is 4.19. The summed E-state index contributed by atoms with van der Waals surface area (Å²) >= 11 is 0. The van der Waals surface area contributed by atoms with Gasteiger partial charge in [0.05, 0.1) is 28.4 Å². The number of nitrogens with zero attached hydrogens (tertiary/aromatic N) is 3. The molecule has 146 valence electrons. The molecule has 0 radical (unpaired) electrons. The van der Waals surface area contributed by atoms with Crippen LogP contribution in [-0.2, 0) is 20.0 Å². The highest BCUT2D eigenvalue weighted by atomic mass is 32.2. The third-order valence-corrected chi connectivity index (χ3v) is 6.66. The highest BCUT2D eigenvalue weighted by molar-refractivity contribution is 7.90. The molecule has 3 rings (SSSR count). The van der Waals surface area contributed by atoms with E-state index < -0.39 is 20.0 Å². The van der Waals surface area contributed by atoms with Gasteiger partial charge < -0.3 is 0 Å². The number of hydrogen-bond donors (Lipinski definition) is 1. The second-order valence-electron chi connectivity index (χ2n) is 6.13. The molecule has 0 spiro atoms. The van der Waals surface area contributed by atoms with Crippen LogP contribution < -0.4 is 4.83 Å². The van der Waals surface area contributed by atoms with Gasteiger partial charge >= 0.3 is 0 Å². The minimum Gasteiger partial charge on any atom is -0.200 e. The van der Waals surface area contributed by atoms with Crippen LogP contribution in [0.15, 0.2) is 75.8 Å². The predicted molar refractivity (Wildman–Crippen MR) is 105 cm³/mol. The summed E-state index contributed by atoms with van der Waals surface area (Å²) in [5.41, 5.74) is 2.19. The number of rotatable bonds is 6. The van der Waals surface area contributed by atoms with Crippen LogP contribution in [0.25, 0.3) is 0 Å². The normalized spacial score (nSPS) is 12.4. The third-order valence-electron chi connectivity index (χ3n) is 3.86. The maximum atomic E-state index is 12.5. The highest BCUT2D eigenvalue weighted by Gasteiger charge is 2.17. The molecule has 1 aromatic heterocycles. The lowest BCUT2D eigenvalue weighted by Crippen LogP contribution is -2.18. The molecule has 0 fully saturated rings. The topological polar surface area (TPSA) is 110 Å². The fourth-order valence-electron chi connectivity index (χ4n) is 2.27. The zero-order valence-corrected chi connectivity index (χ0v) is 16.8. The smallest absolute Gasteiger partial charge is 0.200 e. The van der Waals surface area contributed by atoms with Crippen molar-refractivity contribution in [3.05, 3.63) is 77.6 Å². The molecule has 0 atom stereocenters. The van der Waals surface area contributed by atoms with Gasteiger partial charge in [0, 0.05) is 5.56 Å². The molecule has 0 aliphatic heterocycles. The minimum atomic E-state index is -3.83. The lowest BCUT2D eigenvalue weighted by molar-refractivity contribution is 0.579. The van der Waals surface area contributed by atoms with E-state index in [1.807, 2.05) is 13.8 Å². The molecular formula is C18H18N4O4S2. The molecule has 0 saturated carbocycles. The van der Waals surface area contributed by atoms with Crippen LogP contribution in [-0.4, -0.2) is 32.2 Å². The number of sulfonamides is 1. The van der Waals surface area contributed by atoms with Crippen LogP contribution in [0.1, 0.15) is 16.7 Å². The van der Waals surface area contributed by atoms with Crippen LogP contribution >= 0.6 is 0 Å². The summed E-state index contributed by atoms with van der Waals surface area (Å²) in [7, 11) is -7.64. The zero-order valence-electron chi connectivity index (χ0n) is 15.1. The van der Waals surface area contributed by atoms with Gasteiger partial charge in [-0.2, -0.15) is 31.1 Å². The number of hydrazone groups is 1. The van der Waals surface area contributed by atoms with Crippen LogP contribution in [0.2, 0.25) is 0 Å². The van der Waals surface area contributed by atoms with Gasteiger partial charge in [-0.25, -0.2) is 4.83 Å². The SMILES string of the molecule is Cc1ccc(S(=O)(=O)N/N=C/c2cnn(S(=O)(=O)c3ccc(C)cc3)c2)cc1. The van der Waals surface area contributed by atoms with Crippen molar-refractivity contribution in [2.45, 2.75) is 23.6 Å². The van der Waals surface area contributed by atoms with E-state index in [4.69, 9.17) is 0 Å². The summed E-state index contributed by atoms with van der Waals surface area (Å²) in [6.45, 7) is 3.71. The molecule has 2 aromatic carbocycles. The van der Waals surface area contributed by atoms with Gasteiger partial charge in [0.1, 0.15) is 0 Å². The van der Waals surface area contributed by atoms with Crippen LogP contribution in [0.5, 0.6) is 0 Å². The molecule has 1 N–H and O–H groups in total. The number of aryl methyl sites for hydroxylation is 2. The van der Waals surface area contributed by atoms with Gasteiger partial charge in [0.2, 0.25) is 0 Å². The average molecular weight is 419 g/mol. The monoisotopic (exact) mass is 418 g/mol. The molecule has 0 aliphatic rings. The summed E-state index contributed by atoms with van der Waals surface area (Å²) in [4.78, 5) is 2.26. The molecule has 0 saturated heterocycles. The van der Waals surface area contributed by atoms with Gasteiger partial charge in [-0.1, -0.05) is 35.4 Å². The third kappa shape index (κ3) is 4.29. The highest BCUT2D eigenvalue weighted by Crippen LogP contribution is 2.14. The Morgan fingerprint density at radius 1 is 0.893 bits per heavy atom. The van der Waals surface area contributed by atoms with Crippen molar-refractivity contribution in [3.8, 4) is 0 Å². The number of aromatic nitrogens is 2. The maximum absolute atomic E-state index is 12.5. The van der Waals surface area contributed by atoms with E-state index in [0.29, 0.717) is 5.56 Å². The average Bonchev–Trinajstić information content (AvgIpc) is 3.12. The maximum Gasteiger partial charge on any atom is 0.282 e. The Morgan fingerprint density at radius 3 is 2.00 bits per heavy atom. The van der Waals surface area contributed by atoms with Gasteiger partial charge in [0.25, 0.3) is 20.0 Å². The quantitative estimate of drug-likeness (QED) is 0.487. The molecule has 10 heteroatoms. The summed E-state index contributed by atoms with van der Waals surface area (Å²) in [5, 5.41) is 7.51.